The Bertz CT molecular complexity index is 952. The SMILES string of the molecule is N=C/C(=C\N)c1ccncc1/C=C/C(=O)Nc1ccc(N2CCOCC2)c(Cl)c1. The first-order valence-electron chi connectivity index (χ1n) is 9.10. The second-order valence-corrected chi connectivity index (χ2v) is 6.72. The first-order valence-corrected chi connectivity index (χ1v) is 9.48. The van der Waals surface area contributed by atoms with Gasteiger partial charge >= 0.3 is 0 Å². The molecule has 4 N–H and O–H groups in total. The van der Waals surface area contributed by atoms with Crippen LogP contribution in [0.3, 0.4) is 0 Å². The van der Waals surface area contributed by atoms with Gasteiger partial charge in [-0.3, -0.25) is 9.78 Å². The summed E-state index contributed by atoms with van der Waals surface area (Å²) in [4.78, 5) is 18.6. The molecule has 1 amide bonds. The number of nitrogens with one attached hydrogen (secondary N) is 2. The lowest BCUT2D eigenvalue weighted by molar-refractivity contribution is -0.111. The molecular formula is C21H22ClN5O2. The Kier molecular flexibility index (Phi) is 6.99. The van der Waals surface area contributed by atoms with Crippen molar-refractivity contribution in [3.63, 3.8) is 0 Å². The maximum atomic E-state index is 12.3. The summed E-state index contributed by atoms with van der Waals surface area (Å²) in [6.45, 7) is 2.93. The van der Waals surface area contributed by atoms with E-state index < -0.39 is 0 Å². The number of hydrogen-bond donors (Lipinski definition) is 3. The molecule has 0 saturated carbocycles. The molecule has 1 aliphatic heterocycles. The van der Waals surface area contributed by atoms with Gasteiger partial charge in [-0.1, -0.05) is 11.6 Å². The summed E-state index contributed by atoms with van der Waals surface area (Å²) >= 11 is 6.41. The Balaban J connectivity index is 1.70. The van der Waals surface area contributed by atoms with Crippen LogP contribution in [0.4, 0.5) is 11.4 Å². The fraction of sp³-hybridized carbons (Fsp3) is 0.190. The Morgan fingerprint density at radius 2 is 2.10 bits per heavy atom. The van der Waals surface area contributed by atoms with Gasteiger partial charge in [-0.05, 0) is 35.9 Å². The normalized spacial score (nSPS) is 14.8. The van der Waals surface area contributed by atoms with Crippen molar-refractivity contribution in [1.82, 2.24) is 4.98 Å². The number of carbonyl (C=O) groups excluding carboxylic acids is 1. The van der Waals surface area contributed by atoms with Crippen molar-refractivity contribution in [3.8, 4) is 0 Å². The summed E-state index contributed by atoms with van der Waals surface area (Å²) in [7, 11) is 0. The Morgan fingerprint density at radius 3 is 2.79 bits per heavy atom. The van der Waals surface area contributed by atoms with Gasteiger partial charge in [0.1, 0.15) is 0 Å². The fourth-order valence-corrected chi connectivity index (χ4v) is 3.31. The van der Waals surface area contributed by atoms with Gasteiger partial charge in [0.2, 0.25) is 5.91 Å². The van der Waals surface area contributed by atoms with E-state index in [0.29, 0.717) is 35.1 Å². The summed E-state index contributed by atoms with van der Waals surface area (Å²) in [5, 5.41) is 10.8. The Labute approximate surface area is 174 Å². The molecule has 8 heteroatoms. The number of benzene rings is 1. The summed E-state index contributed by atoms with van der Waals surface area (Å²) in [6, 6.07) is 7.19. The zero-order chi connectivity index (χ0) is 20.6. The van der Waals surface area contributed by atoms with Crippen LogP contribution in [0, 0.1) is 5.41 Å². The van der Waals surface area contributed by atoms with E-state index in [1.807, 2.05) is 12.1 Å². The number of rotatable bonds is 6. The predicted octanol–water partition coefficient (Wildman–Crippen LogP) is 3.17. The predicted molar refractivity (Wildman–Crippen MR) is 117 cm³/mol. The molecule has 0 unspecified atom stereocenters. The summed E-state index contributed by atoms with van der Waals surface area (Å²) < 4.78 is 5.36. The van der Waals surface area contributed by atoms with Crippen molar-refractivity contribution in [2.24, 2.45) is 5.73 Å². The highest BCUT2D eigenvalue weighted by atomic mass is 35.5. The minimum absolute atomic E-state index is 0.303. The van der Waals surface area contributed by atoms with E-state index in [0.717, 1.165) is 30.6 Å². The average Bonchev–Trinajstić information content (AvgIpc) is 2.74. The van der Waals surface area contributed by atoms with Crippen molar-refractivity contribution in [2.45, 2.75) is 0 Å². The molecule has 1 aromatic carbocycles. The van der Waals surface area contributed by atoms with Gasteiger partial charge in [-0.2, -0.15) is 0 Å². The number of amides is 1. The van der Waals surface area contributed by atoms with Crippen LogP contribution in [0.15, 0.2) is 48.9 Å². The van der Waals surface area contributed by atoms with E-state index in [1.165, 1.54) is 12.3 Å². The van der Waals surface area contributed by atoms with Crippen LogP contribution >= 0.6 is 11.6 Å². The number of aromatic nitrogens is 1. The van der Waals surface area contributed by atoms with Gasteiger partial charge in [0.05, 0.1) is 23.9 Å². The molecule has 0 bridgehead atoms. The summed E-state index contributed by atoms with van der Waals surface area (Å²) in [5.74, 6) is -0.303. The first-order chi connectivity index (χ1) is 14.1. The number of carbonyl (C=O) groups is 1. The molecular weight excluding hydrogens is 390 g/mol. The summed E-state index contributed by atoms with van der Waals surface area (Å²) in [6.07, 6.45) is 8.76. The lowest BCUT2D eigenvalue weighted by Crippen LogP contribution is -2.36. The third-order valence-electron chi connectivity index (χ3n) is 4.48. The molecule has 2 aromatic rings. The third-order valence-corrected chi connectivity index (χ3v) is 4.78. The number of anilines is 2. The van der Waals surface area contributed by atoms with Gasteiger partial charge in [0.15, 0.2) is 0 Å². The van der Waals surface area contributed by atoms with Gasteiger partial charge < -0.3 is 26.1 Å². The smallest absolute Gasteiger partial charge is 0.248 e. The largest absolute Gasteiger partial charge is 0.404 e. The minimum Gasteiger partial charge on any atom is -0.404 e. The Morgan fingerprint density at radius 1 is 1.31 bits per heavy atom. The number of nitrogens with zero attached hydrogens (tertiary/aromatic N) is 2. The van der Waals surface area contributed by atoms with Gasteiger partial charge in [-0.15, -0.1) is 0 Å². The van der Waals surface area contributed by atoms with E-state index in [4.69, 9.17) is 27.5 Å². The lowest BCUT2D eigenvalue weighted by atomic mass is 10.0. The van der Waals surface area contributed by atoms with Crippen LogP contribution in [-0.2, 0) is 9.53 Å². The number of morpholine rings is 1. The fourth-order valence-electron chi connectivity index (χ4n) is 3.01. The topological polar surface area (TPSA) is 104 Å². The van der Waals surface area contributed by atoms with Crippen LogP contribution < -0.4 is 16.0 Å². The highest BCUT2D eigenvalue weighted by molar-refractivity contribution is 6.33. The van der Waals surface area contributed by atoms with E-state index in [1.54, 1.807) is 30.6 Å². The maximum Gasteiger partial charge on any atom is 0.248 e. The zero-order valence-corrected chi connectivity index (χ0v) is 16.5. The lowest BCUT2D eigenvalue weighted by Gasteiger charge is -2.29. The monoisotopic (exact) mass is 411 g/mol. The number of allylic oxidation sites excluding steroid dienone is 1. The molecule has 3 rings (SSSR count). The number of ether oxygens (including phenoxy) is 1. The van der Waals surface area contributed by atoms with Crippen LogP contribution in [0.5, 0.6) is 0 Å². The third kappa shape index (κ3) is 5.22. The van der Waals surface area contributed by atoms with E-state index >= 15 is 0 Å². The van der Waals surface area contributed by atoms with Crippen molar-refractivity contribution in [3.05, 3.63) is 65.1 Å². The zero-order valence-electron chi connectivity index (χ0n) is 15.8. The molecule has 150 valence electrons. The highest BCUT2D eigenvalue weighted by Crippen LogP contribution is 2.29. The van der Waals surface area contributed by atoms with Crippen LogP contribution in [0.1, 0.15) is 11.1 Å². The quantitative estimate of drug-likeness (QED) is 0.500. The standard InChI is InChI=1S/C21H22ClN5O2/c22-19-11-17(2-3-20(19)27-7-9-29-10-8-27)26-21(28)4-1-15-14-25-6-5-18(15)16(12-23)13-24/h1-6,11-14,23H,7-10,24H2,(H,26,28)/b4-1+,16-13+,23-12?. The molecule has 1 aromatic heterocycles. The number of halogens is 1. The van der Waals surface area contributed by atoms with Gasteiger partial charge in [0, 0.05) is 60.8 Å². The number of hydrogen-bond acceptors (Lipinski definition) is 6. The number of pyridine rings is 1. The molecule has 2 heterocycles. The second-order valence-electron chi connectivity index (χ2n) is 6.32. The van der Waals surface area contributed by atoms with Crippen molar-refractivity contribution < 1.29 is 9.53 Å². The molecule has 0 radical (unpaired) electrons. The minimum atomic E-state index is -0.303. The molecule has 1 fully saturated rings. The molecule has 0 spiro atoms. The van der Waals surface area contributed by atoms with Crippen molar-refractivity contribution >= 4 is 46.7 Å². The van der Waals surface area contributed by atoms with E-state index in [2.05, 4.69) is 15.2 Å². The maximum absolute atomic E-state index is 12.3. The molecule has 1 saturated heterocycles. The highest BCUT2D eigenvalue weighted by Gasteiger charge is 2.14. The van der Waals surface area contributed by atoms with Crippen LogP contribution in [-0.4, -0.2) is 43.4 Å². The molecule has 29 heavy (non-hydrogen) atoms. The first kappa shape index (κ1) is 20.6. The Hall–Kier alpha value is -3.16. The molecule has 0 atom stereocenters. The van der Waals surface area contributed by atoms with Crippen molar-refractivity contribution in [2.75, 3.05) is 36.5 Å². The second kappa shape index (κ2) is 9.86. The molecule has 1 aliphatic rings. The van der Waals surface area contributed by atoms with Crippen molar-refractivity contribution in [1.29, 1.82) is 5.41 Å². The molecule has 7 nitrogen and oxygen atoms in total. The average molecular weight is 412 g/mol. The van der Waals surface area contributed by atoms with Crippen LogP contribution in [0.2, 0.25) is 5.02 Å². The van der Waals surface area contributed by atoms with Crippen LogP contribution in [0.25, 0.3) is 11.6 Å². The van der Waals surface area contributed by atoms with E-state index in [-0.39, 0.29) is 5.91 Å². The number of nitrogens with two attached hydrogens (primary N) is 1. The summed E-state index contributed by atoms with van der Waals surface area (Å²) in [5.41, 5.74) is 9.04. The van der Waals surface area contributed by atoms with Gasteiger partial charge in [0.25, 0.3) is 0 Å². The van der Waals surface area contributed by atoms with E-state index in [9.17, 15) is 4.79 Å². The van der Waals surface area contributed by atoms with Gasteiger partial charge in [-0.25, -0.2) is 0 Å². The molecule has 0 aliphatic carbocycles.